The topological polar surface area (TPSA) is 25.6 Å². The van der Waals surface area contributed by atoms with Crippen molar-refractivity contribution >= 4 is 17.9 Å². The van der Waals surface area contributed by atoms with Crippen LogP contribution in [0.5, 0.6) is 5.75 Å². The lowest BCUT2D eigenvalue weighted by atomic mass is 10.2. The average Bonchev–Trinajstić information content (AvgIpc) is 3.09. The molecule has 0 N–H and O–H groups in total. The minimum absolute atomic E-state index is 0.828. The summed E-state index contributed by atoms with van der Waals surface area (Å²) in [6.45, 7) is 7.00. The Hall–Kier alpha value is -2.57. The van der Waals surface area contributed by atoms with Gasteiger partial charge in [-0.3, -0.25) is 9.47 Å². The molecule has 0 saturated carbocycles. The highest BCUT2D eigenvalue weighted by molar-refractivity contribution is 7.71. The van der Waals surface area contributed by atoms with Crippen molar-refractivity contribution in [3.63, 3.8) is 0 Å². The van der Waals surface area contributed by atoms with Gasteiger partial charge in [-0.15, -0.1) is 0 Å². The summed E-state index contributed by atoms with van der Waals surface area (Å²) in [5.74, 6) is 0.898. The second-order valence-electron chi connectivity index (χ2n) is 7.15. The first-order valence-electron chi connectivity index (χ1n) is 9.61. The molecule has 0 spiro atoms. The van der Waals surface area contributed by atoms with Crippen LogP contribution < -0.4 is 9.64 Å². The molecule has 0 bridgehead atoms. The summed E-state index contributed by atoms with van der Waals surface area (Å²) in [6, 6.07) is 16.7. The molecule has 1 saturated heterocycles. The number of para-hydroxylation sites is 1. The molecule has 2 aromatic carbocycles. The Morgan fingerprint density at radius 2 is 1.64 bits per heavy atom. The van der Waals surface area contributed by atoms with E-state index in [-0.39, 0.29) is 0 Å². The van der Waals surface area contributed by atoms with Crippen molar-refractivity contribution in [2.24, 2.45) is 0 Å². The molecule has 2 heterocycles. The number of aromatic nitrogens is 2. The maximum absolute atomic E-state index is 5.74. The fourth-order valence-corrected chi connectivity index (χ4v) is 3.97. The van der Waals surface area contributed by atoms with Crippen LogP contribution in [0.4, 0.5) is 5.69 Å². The molecule has 0 amide bonds. The summed E-state index contributed by atoms with van der Waals surface area (Å²) in [6.07, 6.45) is 4.16. The van der Waals surface area contributed by atoms with E-state index in [4.69, 9.17) is 17.0 Å². The van der Waals surface area contributed by atoms with Crippen LogP contribution in [-0.4, -0.2) is 47.3 Å². The van der Waals surface area contributed by atoms with Gasteiger partial charge in [0, 0.05) is 44.3 Å². The number of piperazine rings is 1. The number of nitrogens with zero attached hydrogens (tertiary/aromatic N) is 4. The van der Waals surface area contributed by atoms with Crippen LogP contribution >= 0.6 is 12.2 Å². The van der Waals surface area contributed by atoms with Gasteiger partial charge in [-0.25, -0.2) is 0 Å². The monoisotopic (exact) mass is 394 g/mol. The van der Waals surface area contributed by atoms with Gasteiger partial charge in [-0.05, 0) is 55.0 Å². The van der Waals surface area contributed by atoms with E-state index >= 15 is 0 Å². The molecule has 0 atom stereocenters. The van der Waals surface area contributed by atoms with Crippen molar-refractivity contribution in [3.05, 3.63) is 71.3 Å². The fraction of sp³-hybridized carbons (Fsp3) is 0.318. The van der Waals surface area contributed by atoms with E-state index in [1.165, 1.54) is 11.3 Å². The van der Waals surface area contributed by atoms with E-state index in [0.717, 1.165) is 49.1 Å². The van der Waals surface area contributed by atoms with Crippen molar-refractivity contribution in [1.29, 1.82) is 0 Å². The van der Waals surface area contributed by atoms with E-state index in [1.807, 2.05) is 12.1 Å². The molecular weight excluding hydrogens is 368 g/mol. The molecule has 146 valence electrons. The van der Waals surface area contributed by atoms with E-state index in [0.29, 0.717) is 0 Å². The first-order chi connectivity index (χ1) is 13.7. The predicted molar refractivity (Wildman–Crippen MR) is 116 cm³/mol. The Kier molecular flexibility index (Phi) is 5.50. The van der Waals surface area contributed by atoms with Crippen LogP contribution in [0, 0.1) is 11.7 Å². The fourth-order valence-electron chi connectivity index (χ4n) is 3.69. The number of ether oxygens (including phenoxy) is 1. The molecule has 1 aliphatic rings. The maximum Gasteiger partial charge on any atom is 0.185 e. The molecule has 28 heavy (non-hydrogen) atoms. The molecule has 5 nitrogen and oxygen atoms in total. The first-order valence-corrected chi connectivity index (χ1v) is 10.0. The largest absolute Gasteiger partial charge is 0.497 e. The second-order valence-corrected chi connectivity index (χ2v) is 7.52. The van der Waals surface area contributed by atoms with Gasteiger partial charge in [0.25, 0.3) is 0 Å². The molecule has 0 radical (unpaired) electrons. The molecule has 6 heteroatoms. The van der Waals surface area contributed by atoms with E-state index in [2.05, 4.69) is 74.6 Å². The predicted octanol–water partition coefficient (Wildman–Crippen LogP) is 4.11. The lowest BCUT2D eigenvalue weighted by molar-refractivity contribution is 0.204. The lowest BCUT2D eigenvalue weighted by Gasteiger charge is -2.36. The zero-order valence-corrected chi connectivity index (χ0v) is 17.2. The third-order valence-electron chi connectivity index (χ3n) is 5.38. The van der Waals surface area contributed by atoms with Gasteiger partial charge in [0.15, 0.2) is 4.77 Å². The highest BCUT2D eigenvalue weighted by Gasteiger charge is 2.18. The first kappa shape index (κ1) is 18.8. The van der Waals surface area contributed by atoms with Crippen molar-refractivity contribution < 1.29 is 4.74 Å². The standard InChI is InChI=1S/C22H26N4OS/c1-18-5-3-4-6-21(18)26-16-15-25(22(26)28)17-23-11-13-24(14-12-23)19-7-9-20(27-2)10-8-19/h3-10,15-16H,11-14,17H2,1-2H3. The number of hydrogen-bond acceptors (Lipinski definition) is 4. The SMILES string of the molecule is COc1ccc(N2CCN(Cn3ccn(-c4ccccc4C)c3=S)CC2)cc1. The molecule has 4 rings (SSSR count). The molecule has 0 unspecified atom stereocenters. The van der Waals surface area contributed by atoms with E-state index < -0.39 is 0 Å². The zero-order chi connectivity index (χ0) is 19.5. The summed E-state index contributed by atoms with van der Waals surface area (Å²) in [5.41, 5.74) is 3.63. The van der Waals surface area contributed by atoms with Crippen LogP contribution in [0.2, 0.25) is 0 Å². The van der Waals surface area contributed by atoms with Gasteiger partial charge in [0.05, 0.1) is 19.5 Å². The van der Waals surface area contributed by atoms with Crippen molar-refractivity contribution in [2.45, 2.75) is 13.6 Å². The molecular formula is C22H26N4OS. The third kappa shape index (κ3) is 3.84. The average molecular weight is 395 g/mol. The van der Waals surface area contributed by atoms with Gasteiger partial charge in [0.2, 0.25) is 0 Å². The van der Waals surface area contributed by atoms with Crippen LogP contribution in [0.3, 0.4) is 0 Å². The van der Waals surface area contributed by atoms with Gasteiger partial charge in [-0.1, -0.05) is 18.2 Å². The summed E-state index contributed by atoms with van der Waals surface area (Å²) in [5, 5.41) is 0. The highest BCUT2D eigenvalue weighted by Crippen LogP contribution is 2.21. The number of aryl methyl sites for hydroxylation is 1. The Morgan fingerprint density at radius 3 is 2.32 bits per heavy atom. The summed E-state index contributed by atoms with van der Waals surface area (Å²) in [7, 11) is 1.70. The second kappa shape index (κ2) is 8.20. The molecule has 3 aromatic rings. The minimum Gasteiger partial charge on any atom is -0.497 e. The molecule has 0 aliphatic carbocycles. The summed E-state index contributed by atoms with van der Waals surface area (Å²) >= 11 is 5.74. The summed E-state index contributed by atoms with van der Waals surface area (Å²) in [4.78, 5) is 4.88. The van der Waals surface area contributed by atoms with Crippen LogP contribution in [0.15, 0.2) is 60.9 Å². The highest BCUT2D eigenvalue weighted by atomic mass is 32.1. The Balaban J connectivity index is 1.40. The molecule has 1 aromatic heterocycles. The van der Waals surface area contributed by atoms with Crippen molar-refractivity contribution in [2.75, 3.05) is 38.2 Å². The molecule has 1 fully saturated rings. The van der Waals surface area contributed by atoms with Crippen LogP contribution in [-0.2, 0) is 6.67 Å². The van der Waals surface area contributed by atoms with Gasteiger partial charge in [-0.2, -0.15) is 0 Å². The third-order valence-corrected chi connectivity index (χ3v) is 5.82. The zero-order valence-electron chi connectivity index (χ0n) is 16.4. The number of benzene rings is 2. The summed E-state index contributed by atoms with van der Waals surface area (Å²) < 4.78 is 10.3. The van der Waals surface area contributed by atoms with Gasteiger partial charge >= 0.3 is 0 Å². The number of hydrogen-bond donors (Lipinski definition) is 0. The minimum atomic E-state index is 0.828. The quantitative estimate of drug-likeness (QED) is 0.609. The Labute approximate surface area is 171 Å². The van der Waals surface area contributed by atoms with E-state index in [1.54, 1.807) is 7.11 Å². The van der Waals surface area contributed by atoms with Gasteiger partial charge < -0.3 is 14.2 Å². The van der Waals surface area contributed by atoms with E-state index in [9.17, 15) is 0 Å². The molecule has 1 aliphatic heterocycles. The van der Waals surface area contributed by atoms with Crippen molar-refractivity contribution in [3.8, 4) is 11.4 Å². The Morgan fingerprint density at radius 1 is 0.929 bits per heavy atom. The van der Waals surface area contributed by atoms with Crippen LogP contribution in [0.1, 0.15) is 5.56 Å². The maximum atomic E-state index is 5.74. The normalized spacial score (nSPS) is 15.0. The van der Waals surface area contributed by atoms with Gasteiger partial charge in [0.1, 0.15) is 5.75 Å². The smallest absolute Gasteiger partial charge is 0.185 e. The number of rotatable bonds is 5. The van der Waals surface area contributed by atoms with Crippen LogP contribution in [0.25, 0.3) is 5.69 Å². The Bertz CT molecular complexity index is 984. The number of anilines is 1. The number of imidazole rings is 1. The van der Waals surface area contributed by atoms with Crippen molar-refractivity contribution in [1.82, 2.24) is 14.0 Å². The number of methoxy groups -OCH3 is 1. The lowest BCUT2D eigenvalue weighted by Crippen LogP contribution is -2.46.